The van der Waals surface area contributed by atoms with Crippen molar-refractivity contribution in [1.29, 1.82) is 0 Å². The Bertz CT molecular complexity index is 1300. The van der Waals surface area contributed by atoms with Crippen LogP contribution < -0.4 is 10.5 Å². The number of carbonyl (C=O) groups excluding carboxylic acids is 1. The van der Waals surface area contributed by atoms with Crippen molar-refractivity contribution >= 4 is 32.6 Å². The second kappa shape index (κ2) is 8.77. The van der Waals surface area contributed by atoms with Crippen LogP contribution in [0.5, 0.6) is 0 Å². The van der Waals surface area contributed by atoms with Gasteiger partial charge in [0.05, 0.1) is 28.8 Å². The number of benzene rings is 1. The number of aromatic nitrogens is 4. The van der Waals surface area contributed by atoms with Gasteiger partial charge in [0.1, 0.15) is 6.54 Å². The molecule has 0 spiro atoms. The number of carbonyl (C=O) groups is 1. The Hall–Kier alpha value is -3.39. The molecule has 7 nitrogen and oxygen atoms in total. The molecule has 0 radical (unpaired) electrons. The SMILES string of the molecule is CCc1ccc2nc(N(Cc3ccccn3)C(=O)Cn3cnc(C)c(C)c3=O)sc2c1. The molecule has 1 amide bonds. The van der Waals surface area contributed by atoms with Gasteiger partial charge in [-0.15, -0.1) is 0 Å². The maximum absolute atomic E-state index is 13.3. The summed E-state index contributed by atoms with van der Waals surface area (Å²) in [4.78, 5) is 40.8. The fraction of sp³-hybridized carbons (Fsp3) is 0.261. The summed E-state index contributed by atoms with van der Waals surface area (Å²) in [5, 5.41) is 0.587. The van der Waals surface area contributed by atoms with E-state index in [0.29, 0.717) is 16.4 Å². The van der Waals surface area contributed by atoms with E-state index < -0.39 is 0 Å². The molecular weight excluding hydrogens is 410 g/mol. The number of nitrogens with zero attached hydrogens (tertiary/aromatic N) is 5. The summed E-state index contributed by atoms with van der Waals surface area (Å²) in [7, 11) is 0. The first-order valence-electron chi connectivity index (χ1n) is 10.1. The van der Waals surface area contributed by atoms with Gasteiger partial charge in [0.15, 0.2) is 5.13 Å². The van der Waals surface area contributed by atoms with Gasteiger partial charge in [-0.1, -0.05) is 30.4 Å². The number of aryl methyl sites for hydroxylation is 2. The lowest BCUT2D eigenvalue weighted by molar-refractivity contribution is -0.119. The van der Waals surface area contributed by atoms with E-state index in [2.05, 4.69) is 29.0 Å². The molecule has 8 heteroatoms. The number of pyridine rings is 1. The van der Waals surface area contributed by atoms with E-state index in [4.69, 9.17) is 4.98 Å². The molecule has 3 heterocycles. The van der Waals surface area contributed by atoms with E-state index in [1.165, 1.54) is 27.8 Å². The van der Waals surface area contributed by atoms with Crippen LogP contribution in [0.4, 0.5) is 5.13 Å². The zero-order chi connectivity index (χ0) is 22.0. The van der Waals surface area contributed by atoms with Crippen LogP contribution in [0.2, 0.25) is 0 Å². The largest absolute Gasteiger partial charge is 0.289 e. The van der Waals surface area contributed by atoms with Gasteiger partial charge < -0.3 is 0 Å². The first kappa shape index (κ1) is 20.9. The van der Waals surface area contributed by atoms with Crippen LogP contribution in [-0.2, 0) is 24.3 Å². The molecule has 0 aliphatic heterocycles. The van der Waals surface area contributed by atoms with Gasteiger partial charge >= 0.3 is 0 Å². The number of fused-ring (bicyclic) bond motifs is 1. The van der Waals surface area contributed by atoms with Crippen molar-refractivity contribution in [3.05, 3.63) is 81.8 Å². The smallest absolute Gasteiger partial charge is 0.256 e. The van der Waals surface area contributed by atoms with E-state index in [0.717, 1.165) is 22.3 Å². The van der Waals surface area contributed by atoms with Crippen LogP contribution in [0.25, 0.3) is 10.2 Å². The number of rotatable bonds is 6. The Kier molecular flexibility index (Phi) is 5.90. The Morgan fingerprint density at radius 3 is 2.74 bits per heavy atom. The predicted molar refractivity (Wildman–Crippen MR) is 122 cm³/mol. The highest BCUT2D eigenvalue weighted by Gasteiger charge is 2.22. The van der Waals surface area contributed by atoms with Crippen molar-refractivity contribution in [3.8, 4) is 0 Å². The Morgan fingerprint density at radius 2 is 2.00 bits per heavy atom. The fourth-order valence-electron chi connectivity index (χ4n) is 3.23. The van der Waals surface area contributed by atoms with Gasteiger partial charge in [-0.25, -0.2) is 9.97 Å². The van der Waals surface area contributed by atoms with Crippen molar-refractivity contribution in [2.45, 2.75) is 40.3 Å². The number of thiazole rings is 1. The first-order chi connectivity index (χ1) is 15.0. The predicted octanol–water partition coefficient (Wildman–Crippen LogP) is 3.66. The first-order valence-corrected chi connectivity index (χ1v) is 10.9. The van der Waals surface area contributed by atoms with Gasteiger partial charge in [0.2, 0.25) is 5.91 Å². The highest BCUT2D eigenvalue weighted by molar-refractivity contribution is 7.22. The zero-order valence-electron chi connectivity index (χ0n) is 17.7. The maximum atomic E-state index is 13.3. The van der Waals surface area contributed by atoms with Crippen molar-refractivity contribution < 1.29 is 4.79 Å². The van der Waals surface area contributed by atoms with Crippen molar-refractivity contribution in [2.24, 2.45) is 0 Å². The third kappa shape index (κ3) is 4.39. The van der Waals surface area contributed by atoms with Gasteiger partial charge in [-0.05, 0) is 50.1 Å². The van der Waals surface area contributed by atoms with Crippen molar-refractivity contribution in [2.75, 3.05) is 4.90 Å². The topological polar surface area (TPSA) is 81.0 Å². The quantitative estimate of drug-likeness (QED) is 0.464. The maximum Gasteiger partial charge on any atom is 0.256 e. The third-order valence-electron chi connectivity index (χ3n) is 5.25. The second-order valence-electron chi connectivity index (χ2n) is 7.34. The van der Waals surface area contributed by atoms with Gasteiger partial charge in [0, 0.05) is 17.5 Å². The van der Waals surface area contributed by atoms with Gasteiger partial charge in [-0.3, -0.25) is 24.0 Å². The molecule has 1 aromatic carbocycles. The van der Waals surface area contributed by atoms with Gasteiger partial charge in [-0.2, -0.15) is 0 Å². The van der Waals surface area contributed by atoms with E-state index in [1.807, 2.05) is 24.3 Å². The Balaban J connectivity index is 1.71. The minimum atomic E-state index is -0.243. The highest BCUT2D eigenvalue weighted by Crippen LogP contribution is 2.30. The van der Waals surface area contributed by atoms with Crippen molar-refractivity contribution in [1.82, 2.24) is 19.5 Å². The Morgan fingerprint density at radius 1 is 1.16 bits per heavy atom. The molecule has 4 aromatic rings. The molecule has 3 aromatic heterocycles. The summed E-state index contributed by atoms with van der Waals surface area (Å²) in [5.74, 6) is -0.243. The van der Waals surface area contributed by atoms with Crippen molar-refractivity contribution in [3.63, 3.8) is 0 Å². The normalized spacial score (nSPS) is 11.1. The number of anilines is 1. The van der Waals surface area contributed by atoms with E-state index in [-0.39, 0.29) is 24.6 Å². The lowest BCUT2D eigenvalue weighted by Gasteiger charge is -2.20. The fourth-order valence-corrected chi connectivity index (χ4v) is 4.27. The lowest BCUT2D eigenvalue weighted by Crippen LogP contribution is -2.37. The molecular formula is C23H23N5O2S. The van der Waals surface area contributed by atoms with Crippen LogP contribution in [0.15, 0.2) is 53.7 Å². The monoisotopic (exact) mass is 433 g/mol. The molecule has 0 unspecified atom stereocenters. The van der Waals surface area contributed by atoms with Crippen LogP contribution in [0.3, 0.4) is 0 Å². The molecule has 4 rings (SSSR count). The van der Waals surface area contributed by atoms with E-state index in [9.17, 15) is 9.59 Å². The average Bonchev–Trinajstić information content (AvgIpc) is 3.21. The summed E-state index contributed by atoms with van der Waals surface area (Å²) >= 11 is 1.47. The van der Waals surface area contributed by atoms with Crippen LogP contribution in [0, 0.1) is 13.8 Å². The molecule has 0 saturated heterocycles. The molecule has 0 bridgehead atoms. The second-order valence-corrected chi connectivity index (χ2v) is 8.35. The molecule has 0 atom stereocenters. The number of hydrogen-bond acceptors (Lipinski definition) is 6. The standard InChI is InChI=1S/C23H23N5O2S/c1-4-17-8-9-19-20(11-17)31-23(26-19)28(12-18-7-5-6-10-24-18)21(29)13-27-14-25-16(3)15(2)22(27)30/h5-11,14H,4,12-13H2,1-3H3. The number of hydrogen-bond donors (Lipinski definition) is 0. The Labute approximate surface area is 184 Å². The summed E-state index contributed by atoms with van der Waals surface area (Å²) in [6, 6.07) is 11.7. The zero-order valence-corrected chi connectivity index (χ0v) is 18.5. The minimum absolute atomic E-state index is 0.115. The summed E-state index contributed by atoms with van der Waals surface area (Å²) in [6.07, 6.45) is 4.05. The number of amides is 1. The third-order valence-corrected chi connectivity index (χ3v) is 6.29. The minimum Gasteiger partial charge on any atom is -0.289 e. The average molecular weight is 434 g/mol. The molecule has 0 fully saturated rings. The molecule has 31 heavy (non-hydrogen) atoms. The van der Waals surface area contributed by atoms with Crippen LogP contribution in [0.1, 0.15) is 29.4 Å². The summed E-state index contributed by atoms with van der Waals surface area (Å²) in [6.45, 7) is 5.76. The highest BCUT2D eigenvalue weighted by atomic mass is 32.1. The summed E-state index contributed by atoms with van der Waals surface area (Å²) in [5.41, 5.74) is 3.81. The molecule has 0 aliphatic carbocycles. The van der Waals surface area contributed by atoms with Crippen LogP contribution in [-0.4, -0.2) is 25.4 Å². The van der Waals surface area contributed by atoms with Gasteiger partial charge in [0.25, 0.3) is 5.56 Å². The van der Waals surface area contributed by atoms with E-state index in [1.54, 1.807) is 24.9 Å². The van der Waals surface area contributed by atoms with E-state index >= 15 is 0 Å². The molecule has 0 N–H and O–H groups in total. The molecule has 158 valence electrons. The van der Waals surface area contributed by atoms with Crippen LogP contribution >= 0.6 is 11.3 Å². The molecule has 0 aliphatic rings. The lowest BCUT2D eigenvalue weighted by atomic mass is 10.2. The summed E-state index contributed by atoms with van der Waals surface area (Å²) < 4.78 is 2.37. The molecule has 0 saturated carbocycles.